The van der Waals surface area contributed by atoms with Crippen LogP contribution in [-0.4, -0.2) is 34.3 Å². The first-order chi connectivity index (χ1) is 6.86. The number of amidine groups is 1. The molecule has 0 aromatic heterocycles. The molecule has 0 unspecified atom stereocenters. The van der Waals surface area contributed by atoms with E-state index in [1.165, 1.54) is 0 Å². The molecule has 2 heterocycles. The lowest BCUT2D eigenvalue weighted by Crippen LogP contribution is -2.46. The smallest absolute Gasteiger partial charge is 0.234 e. The van der Waals surface area contributed by atoms with Crippen molar-refractivity contribution in [1.82, 2.24) is 4.90 Å². The number of thioether (sulfide) groups is 1. The summed E-state index contributed by atoms with van der Waals surface area (Å²) >= 11 is 1.72. The normalized spacial score (nSPS) is 35.3. The molecule has 14 heavy (non-hydrogen) atoms. The minimum Gasteiger partial charge on any atom is -0.290 e. The maximum atomic E-state index is 12.0. The highest BCUT2D eigenvalue weighted by atomic mass is 32.2. The molecular formula is C10H12N2OS. The van der Waals surface area contributed by atoms with Crippen LogP contribution < -0.4 is 0 Å². The van der Waals surface area contributed by atoms with Crippen molar-refractivity contribution in [1.29, 1.82) is 0 Å². The number of rotatable bonds is 0. The number of nitrogens with zero attached hydrogens (tertiary/aromatic N) is 2. The number of hydrogen-bond acceptors (Lipinski definition) is 3. The number of carbonyl (C=O) groups excluding carboxylic acids is 1. The van der Waals surface area contributed by atoms with Gasteiger partial charge in [0.25, 0.3) is 0 Å². The fourth-order valence-corrected chi connectivity index (χ4v) is 3.27. The summed E-state index contributed by atoms with van der Waals surface area (Å²) in [6.45, 7) is 0.856. The Morgan fingerprint density at radius 2 is 2.29 bits per heavy atom. The molecule has 2 aliphatic heterocycles. The average molecular weight is 208 g/mol. The molecule has 0 N–H and O–H groups in total. The second kappa shape index (κ2) is 3.12. The molecular weight excluding hydrogens is 196 g/mol. The Labute approximate surface area is 87.3 Å². The van der Waals surface area contributed by atoms with Gasteiger partial charge in [0.2, 0.25) is 5.91 Å². The molecule has 3 aliphatic rings. The van der Waals surface area contributed by atoms with Crippen LogP contribution in [0.25, 0.3) is 0 Å². The molecule has 1 fully saturated rings. The van der Waals surface area contributed by atoms with E-state index in [-0.39, 0.29) is 12.0 Å². The lowest BCUT2D eigenvalue weighted by atomic mass is 9.87. The SMILES string of the molecule is O=C1[C@@H]2CC=CC[C@@H]2N=C2SCCN12. The highest BCUT2D eigenvalue weighted by Gasteiger charge is 2.40. The van der Waals surface area contributed by atoms with Crippen LogP contribution >= 0.6 is 11.8 Å². The molecule has 4 heteroatoms. The lowest BCUT2D eigenvalue weighted by Gasteiger charge is -2.33. The molecule has 0 radical (unpaired) electrons. The number of hydrogen-bond donors (Lipinski definition) is 0. The van der Waals surface area contributed by atoms with E-state index in [2.05, 4.69) is 17.1 Å². The molecule has 0 saturated carbocycles. The second-order valence-corrected chi connectivity index (χ2v) is 4.93. The third-order valence-electron chi connectivity index (χ3n) is 3.04. The molecule has 1 amide bonds. The zero-order valence-corrected chi connectivity index (χ0v) is 8.67. The highest BCUT2D eigenvalue weighted by molar-refractivity contribution is 8.14. The van der Waals surface area contributed by atoms with Gasteiger partial charge in [-0.2, -0.15) is 0 Å². The largest absolute Gasteiger partial charge is 0.290 e. The van der Waals surface area contributed by atoms with Gasteiger partial charge in [-0.1, -0.05) is 23.9 Å². The molecule has 0 aromatic carbocycles. The number of allylic oxidation sites excluding steroid dienone is 1. The Balaban J connectivity index is 1.97. The van der Waals surface area contributed by atoms with Crippen molar-refractivity contribution in [2.75, 3.05) is 12.3 Å². The van der Waals surface area contributed by atoms with Crippen LogP contribution in [0.3, 0.4) is 0 Å². The third-order valence-corrected chi connectivity index (χ3v) is 4.01. The lowest BCUT2D eigenvalue weighted by molar-refractivity contribution is -0.132. The predicted octanol–water partition coefficient (Wildman–Crippen LogP) is 1.27. The summed E-state index contributed by atoms with van der Waals surface area (Å²) in [4.78, 5) is 18.6. The van der Waals surface area contributed by atoms with Gasteiger partial charge in [0, 0.05) is 12.3 Å². The molecule has 3 nitrogen and oxygen atoms in total. The van der Waals surface area contributed by atoms with Gasteiger partial charge in [0.1, 0.15) is 0 Å². The molecule has 3 rings (SSSR count). The monoisotopic (exact) mass is 208 g/mol. The summed E-state index contributed by atoms with van der Waals surface area (Å²) in [5.74, 6) is 1.44. The van der Waals surface area contributed by atoms with E-state index in [0.717, 1.165) is 30.3 Å². The van der Waals surface area contributed by atoms with Crippen molar-refractivity contribution in [3.63, 3.8) is 0 Å². The van der Waals surface area contributed by atoms with Crippen LogP contribution in [0.4, 0.5) is 0 Å². The zero-order valence-electron chi connectivity index (χ0n) is 7.85. The van der Waals surface area contributed by atoms with E-state index < -0.39 is 0 Å². The first-order valence-electron chi connectivity index (χ1n) is 5.03. The summed E-state index contributed by atoms with van der Waals surface area (Å²) in [5, 5.41) is 0.964. The fourth-order valence-electron chi connectivity index (χ4n) is 2.26. The number of aliphatic imine (C=N–C) groups is 1. The standard InChI is InChI=1S/C10H12N2OS/c13-9-7-3-1-2-4-8(7)11-10-12(9)5-6-14-10/h1-2,7-8H,3-6H2/t7-,8+/m1/s1. The van der Waals surface area contributed by atoms with Crippen molar-refractivity contribution in [2.24, 2.45) is 10.9 Å². The van der Waals surface area contributed by atoms with Crippen LogP contribution in [0.15, 0.2) is 17.1 Å². The van der Waals surface area contributed by atoms with Gasteiger partial charge in [-0.25, -0.2) is 0 Å². The molecule has 1 aliphatic carbocycles. The fraction of sp³-hybridized carbons (Fsp3) is 0.600. The van der Waals surface area contributed by atoms with Crippen molar-refractivity contribution in [3.8, 4) is 0 Å². The van der Waals surface area contributed by atoms with Gasteiger partial charge < -0.3 is 0 Å². The van der Waals surface area contributed by atoms with E-state index in [0.29, 0.717) is 5.91 Å². The van der Waals surface area contributed by atoms with Gasteiger partial charge in [0.05, 0.1) is 12.0 Å². The Morgan fingerprint density at radius 1 is 1.43 bits per heavy atom. The summed E-state index contributed by atoms with van der Waals surface area (Å²) in [5.41, 5.74) is 0. The molecule has 0 spiro atoms. The topological polar surface area (TPSA) is 32.7 Å². The quantitative estimate of drug-likeness (QED) is 0.561. The Kier molecular flexibility index (Phi) is 1.90. The number of fused-ring (bicyclic) bond motifs is 2. The molecule has 2 atom stereocenters. The molecule has 1 saturated heterocycles. The van der Waals surface area contributed by atoms with E-state index >= 15 is 0 Å². The van der Waals surface area contributed by atoms with Crippen LogP contribution in [0.1, 0.15) is 12.8 Å². The minimum absolute atomic E-state index is 0.127. The van der Waals surface area contributed by atoms with Gasteiger partial charge in [-0.05, 0) is 12.8 Å². The average Bonchev–Trinajstić information content (AvgIpc) is 2.66. The highest BCUT2D eigenvalue weighted by Crippen LogP contribution is 2.33. The molecule has 0 bridgehead atoms. The van der Waals surface area contributed by atoms with Crippen LogP contribution in [0, 0.1) is 5.92 Å². The first-order valence-corrected chi connectivity index (χ1v) is 6.02. The second-order valence-electron chi connectivity index (χ2n) is 3.87. The van der Waals surface area contributed by atoms with Gasteiger partial charge in [0.15, 0.2) is 5.17 Å². The van der Waals surface area contributed by atoms with E-state index in [4.69, 9.17) is 0 Å². The van der Waals surface area contributed by atoms with Crippen LogP contribution in [-0.2, 0) is 4.79 Å². The van der Waals surface area contributed by atoms with Gasteiger partial charge in [-0.15, -0.1) is 0 Å². The van der Waals surface area contributed by atoms with Crippen molar-refractivity contribution in [2.45, 2.75) is 18.9 Å². The van der Waals surface area contributed by atoms with E-state index in [1.807, 2.05) is 4.90 Å². The van der Waals surface area contributed by atoms with Crippen molar-refractivity contribution < 1.29 is 4.79 Å². The predicted molar refractivity (Wildman–Crippen MR) is 57.3 cm³/mol. The molecule has 74 valence electrons. The Bertz CT molecular complexity index is 337. The molecule has 0 aromatic rings. The van der Waals surface area contributed by atoms with Crippen LogP contribution in [0.2, 0.25) is 0 Å². The van der Waals surface area contributed by atoms with Crippen molar-refractivity contribution in [3.05, 3.63) is 12.2 Å². The summed E-state index contributed by atoms with van der Waals surface area (Å²) in [6.07, 6.45) is 6.08. The summed E-state index contributed by atoms with van der Waals surface area (Å²) in [7, 11) is 0. The van der Waals surface area contributed by atoms with Crippen LogP contribution in [0.5, 0.6) is 0 Å². The minimum atomic E-state index is 0.127. The number of carbonyl (C=O) groups is 1. The third kappa shape index (κ3) is 1.13. The summed E-state index contributed by atoms with van der Waals surface area (Å²) < 4.78 is 0. The maximum absolute atomic E-state index is 12.0. The Morgan fingerprint density at radius 3 is 3.21 bits per heavy atom. The summed E-state index contributed by atoms with van der Waals surface area (Å²) in [6, 6.07) is 0.226. The Hall–Kier alpha value is -0.770. The number of amides is 1. The van der Waals surface area contributed by atoms with Crippen molar-refractivity contribution >= 4 is 22.8 Å². The van der Waals surface area contributed by atoms with E-state index in [9.17, 15) is 4.79 Å². The van der Waals surface area contributed by atoms with Gasteiger partial charge >= 0.3 is 0 Å². The zero-order chi connectivity index (χ0) is 9.54. The first kappa shape index (κ1) is 8.53. The van der Waals surface area contributed by atoms with E-state index in [1.54, 1.807) is 11.8 Å². The van der Waals surface area contributed by atoms with Gasteiger partial charge in [-0.3, -0.25) is 14.7 Å². The maximum Gasteiger partial charge on any atom is 0.234 e.